The molecule has 0 aliphatic carbocycles. The second-order valence-electron chi connectivity index (χ2n) is 6.22. The number of rotatable bonds is 3. The predicted octanol–water partition coefficient (Wildman–Crippen LogP) is 4.19. The third-order valence-electron chi connectivity index (χ3n) is 4.44. The van der Waals surface area contributed by atoms with Crippen LogP contribution in [-0.2, 0) is 19.1 Å². The Balaban J connectivity index is 1.55. The highest BCUT2D eigenvalue weighted by Crippen LogP contribution is 2.32. The van der Waals surface area contributed by atoms with Crippen LogP contribution in [0.4, 0.5) is 18.9 Å². The Labute approximate surface area is 152 Å². The minimum absolute atomic E-state index is 0.0512. The topological polar surface area (TPSA) is 66.0 Å². The molecule has 0 bridgehead atoms. The summed E-state index contributed by atoms with van der Waals surface area (Å²) >= 11 is 0. The van der Waals surface area contributed by atoms with Crippen LogP contribution in [0.25, 0.3) is 11.5 Å². The minimum Gasteiger partial charge on any atom is -0.363 e. The minimum atomic E-state index is -4.43. The number of nitrogens with zero attached hydrogens (tertiary/aromatic N) is 4. The third-order valence-corrected chi connectivity index (χ3v) is 4.44. The maximum absolute atomic E-state index is 12.9. The Bertz CT molecular complexity index is 1040. The molecule has 0 saturated heterocycles. The monoisotopic (exact) mass is 370 g/mol. The lowest BCUT2D eigenvalue weighted by Crippen LogP contribution is -2.20. The first kappa shape index (κ1) is 17.1. The molecule has 0 unspecified atom stereocenters. The molecule has 1 aliphatic heterocycles. The number of halogens is 3. The van der Waals surface area contributed by atoms with Crippen molar-refractivity contribution in [2.45, 2.75) is 19.1 Å². The van der Waals surface area contributed by atoms with Crippen molar-refractivity contribution in [3.8, 4) is 17.5 Å². The first-order chi connectivity index (χ1) is 12.9. The van der Waals surface area contributed by atoms with Crippen LogP contribution in [0.1, 0.15) is 22.5 Å². The molecule has 2 heterocycles. The van der Waals surface area contributed by atoms with Gasteiger partial charge in [-0.3, -0.25) is 0 Å². The van der Waals surface area contributed by atoms with Gasteiger partial charge in [0.2, 0.25) is 0 Å². The molecule has 2 aromatic carbocycles. The van der Waals surface area contributed by atoms with Crippen molar-refractivity contribution in [2.75, 3.05) is 11.4 Å². The van der Waals surface area contributed by atoms with Gasteiger partial charge in [0.25, 0.3) is 5.89 Å². The van der Waals surface area contributed by atoms with E-state index in [1.165, 1.54) is 12.1 Å². The van der Waals surface area contributed by atoms with Crippen molar-refractivity contribution < 1.29 is 17.7 Å². The number of fused-ring (bicyclic) bond motifs is 1. The Morgan fingerprint density at radius 1 is 1.19 bits per heavy atom. The van der Waals surface area contributed by atoms with Gasteiger partial charge >= 0.3 is 6.18 Å². The maximum Gasteiger partial charge on any atom is 0.416 e. The van der Waals surface area contributed by atoms with Gasteiger partial charge in [0, 0.05) is 17.8 Å². The van der Waals surface area contributed by atoms with E-state index < -0.39 is 11.7 Å². The Hall–Kier alpha value is -3.34. The summed E-state index contributed by atoms with van der Waals surface area (Å²) in [7, 11) is 0. The Morgan fingerprint density at radius 2 is 2.04 bits per heavy atom. The van der Waals surface area contributed by atoms with Crippen molar-refractivity contribution in [3.63, 3.8) is 0 Å². The first-order valence-corrected chi connectivity index (χ1v) is 8.22. The molecule has 27 heavy (non-hydrogen) atoms. The maximum atomic E-state index is 12.9. The standard InChI is InChI=1S/C19H13F3N4O/c20-19(21,22)15-3-1-2-14(9-15)18-24-17(25-27-18)11-26-7-6-13-8-12(10-23)4-5-16(13)26/h1-5,8-9H,6-7,11H2. The van der Waals surface area contributed by atoms with E-state index in [0.717, 1.165) is 36.3 Å². The summed E-state index contributed by atoms with van der Waals surface area (Å²) < 4.78 is 43.7. The summed E-state index contributed by atoms with van der Waals surface area (Å²) in [6.45, 7) is 1.12. The molecule has 3 aromatic rings. The zero-order valence-electron chi connectivity index (χ0n) is 14.0. The van der Waals surface area contributed by atoms with Gasteiger partial charge in [-0.2, -0.15) is 23.4 Å². The van der Waals surface area contributed by atoms with Crippen LogP contribution in [0.15, 0.2) is 47.0 Å². The molecule has 0 amide bonds. The van der Waals surface area contributed by atoms with Crippen molar-refractivity contribution in [3.05, 3.63) is 65.0 Å². The van der Waals surface area contributed by atoms with Crippen LogP contribution in [0.3, 0.4) is 0 Å². The molecule has 1 aliphatic rings. The molecule has 4 rings (SSSR count). The molecular formula is C19H13F3N4O. The second-order valence-corrected chi connectivity index (χ2v) is 6.22. The van der Waals surface area contributed by atoms with Crippen molar-refractivity contribution >= 4 is 5.69 Å². The molecule has 8 heteroatoms. The largest absolute Gasteiger partial charge is 0.416 e. The van der Waals surface area contributed by atoms with Crippen LogP contribution in [0.5, 0.6) is 0 Å². The van der Waals surface area contributed by atoms with E-state index in [9.17, 15) is 13.2 Å². The normalized spacial score (nSPS) is 13.5. The van der Waals surface area contributed by atoms with Crippen molar-refractivity contribution in [1.82, 2.24) is 10.1 Å². The quantitative estimate of drug-likeness (QED) is 0.692. The molecule has 5 nitrogen and oxygen atoms in total. The fourth-order valence-electron chi connectivity index (χ4n) is 3.14. The molecule has 0 saturated carbocycles. The number of benzene rings is 2. The zero-order valence-corrected chi connectivity index (χ0v) is 14.0. The molecule has 1 aromatic heterocycles. The zero-order chi connectivity index (χ0) is 19.0. The van der Waals surface area contributed by atoms with Gasteiger partial charge in [-0.05, 0) is 48.4 Å². The van der Waals surface area contributed by atoms with Gasteiger partial charge in [0.1, 0.15) is 0 Å². The molecule has 0 N–H and O–H groups in total. The van der Waals surface area contributed by atoms with E-state index in [1.54, 1.807) is 6.07 Å². The summed E-state index contributed by atoms with van der Waals surface area (Å²) in [6, 6.07) is 12.4. The van der Waals surface area contributed by atoms with Gasteiger partial charge in [0.15, 0.2) is 5.82 Å². The van der Waals surface area contributed by atoms with Gasteiger partial charge in [-0.25, -0.2) is 0 Å². The number of alkyl halides is 3. The van der Waals surface area contributed by atoms with Gasteiger partial charge < -0.3 is 9.42 Å². The van der Waals surface area contributed by atoms with Gasteiger partial charge in [0.05, 0.1) is 23.7 Å². The highest BCUT2D eigenvalue weighted by atomic mass is 19.4. The first-order valence-electron chi connectivity index (χ1n) is 8.22. The van der Waals surface area contributed by atoms with Crippen LogP contribution in [0.2, 0.25) is 0 Å². The van der Waals surface area contributed by atoms with E-state index in [4.69, 9.17) is 9.78 Å². The average molecular weight is 370 g/mol. The Morgan fingerprint density at radius 3 is 2.81 bits per heavy atom. The van der Waals surface area contributed by atoms with Crippen molar-refractivity contribution in [1.29, 1.82) is 5.26 Å². The van der Waals surface area contributed by atoms with E-state index >= 15 is 0 Å². The highest BCUT2D eigenvalue weighted by Gasteiger charge is 2.31. The molecule has 0 radical (unpaired) electrons. The second kappa shape index (κ2) is 6.43. The molecule has 0 fully saturated rings. The molecular weight excluding hydrogens is 357 g/mol. The lowest BCUT2D eigenvalue weighted by molar-refractivity contribution is -0.137. The fourth-order valence-corrected chi connectivity index (χ4v) is 3.14. The number of aromatic nitrogens is 2. The van der Waals surface area contributed by atoms with Crippen LogP contribution < -0.4 is 4.90 Å². The van der Waals surface area contributed by atoms with E-state index in [0.29, 0.717) is 17.9 Å². The van der Waals surface area contributed by atoms with Gasteiger partial charge in [-0.1, -0.05) is 11.2 Å². The predicted molar refractivity (Wildman–Crippen MR) is 90.6 cm³/mol. The number of anilines is 1. The molecule has 0 atom stereocenters. The fraction of sp³-hybridized carbons (Fsp3) is 0.211. The number of hydrogen-bond donors (Lipinski definition) is 0. The highest BCUT2D eigenvalue weighted by molar-refractivity contribution is 5.60. The van der Waals surface area contributed by atoms with Gasteiger partial charge in [-0.15, -0.1) is 0 Å². The van der Waals surface area contributed by atoms with E-state index in [-0.39, 0.29) is 11.5 Å². The van der Waals surface area contributed by atoms with E-state index in [2.05, 4.69) is 21.1 Å². The lowest BCUT2D eigenvalue weighted by Gasteiger charge is -2.16. The lowest BCUT2D eigenvalue weighted by atomic mass is 10.1. The number of nitriles is 1. The van der Waals surface area contributed by atoms with Crippen molar-refractivity contribution in [2.24, 2.45) is 0 Å². The van der Waals surface area contributed by atoms with Crippen LogP contribution in [0, 0.1) is 11.3 Å². The average Bonchev–Trinajstić information content (AvgIpc) is 3.28. The van der Waals surface area contributed by atoms with E-state index in [1.807, 2.05) is 12.1 Å². The summed E-state index contributed by atoms with van der Waals surface area (Å²) in [5.74, 6) is 0.440. The van der Waals surface area contributed by atoms with Crippen LogP contribution in [-0.4, -0.2) is 16.7 Å². The Kier molecular flexibility index (Phi) is 4.07. The number of hydrogen-bond acceptors (Lipinski definition) is 5. The summed E-state index contributed by atoms with van der Waals surface area (Å²) in [6.07, 6.45) is -3.62. The third kappa shape index (κ3) is 3.36. The van der Waals surface area contributed by atoms with Crippen LogP contribution >= 0.6 is 0 Å². The summed E-state index contributed by atoms with van der Waals surface area (Å²) in [5, 5.41) is 12.9. The molecule has 136 valence electrons. The smallest absolute Gasteiger partial charge is 0.363 e. The SMILES string of the molecule is N#Cc1ccc2c(c1)CCN2Cc1noc(-c2cccc(C(F)(F)F)c2)n1. The summed E-state index contributed by atoms with van der Waals surface area (Å²) in [5.41, 5.74) is 2.16. The molecule has 0 spiro atoms. The summed E-state index contributed by atoms with van der Waals surface area (Å²) in [4.78, 5) is 6.29.